The molecule has 0 radical (unpaired) electrons. The average molecular weight is 290 g/mol. The molecule has 2 aromatic rings. The topological polar surface area (TPSA) is 51.0 Å². The molecule has 1 saturated heterocycles. The number of aromatic nitrogens is 3. The maximum absolute atomic E-state index is 12.6. The molecule has 2 aromatic heterocycles. The number of likely N-dealkylation sites (tertiary alicyclic amines) is 1. The van der Waals surface area contributed by atoms with E-state index in [4.69, 9.17) is 0 Å². The number of carbonyl (C=O) groups excluding carboxylic acids is 1. The summed E-state index contributed by atoms with van der Waals surface area (Å²) in [5, 5.41) is 8.28. The molecule has 5 nitrogen and oxygen atoms in total. The van der Waals surface area contributed by atoms with Crippen LogP contribution in [0.4, 0.5) is 0 Å². The van der Waals surface area contributed by atoms with Crippen molar-refractivity contribution in [3.05, 3.63) is 35.0 Å². The van der Waals surface area contributed by atoms with Gasteiger partial charge in [0, 0.05) is 13.1 Å². The molecule has 6 heteroatoms. The predicted molar refractivity (Wildman–Crippen MR) is 77.6 cm³/mol. The van der Waals surface area contributed by atoms with Crippen LogP contribution < -0.4 is 0 Å². The molecular weight excluding hydrogens is 272 g/mol. The van der Waals surface area contributed by atoms with Gasteiger partial charge in [-0.2, -0.15) is 16.4 Å². The zero-order chi connectivity index (χ0) is 13.9. The fourth-order valence-corrected chi connectivity index (χ4v) is 3.47. The second-order valence-corrected chi connectivity index (χ2v) is 6.01. The lowest BCUT2D eigenvalue weighted by Gasteiger charge is -2.34. The normalized spacial score (nSPS) is 20.9. The van der Waals surface area contributed by atoms with Gasteiger partial charge in [-0.25, -0.2) is 9.67 Å². The first-order valence-electron chi connectivity index (χ1n) is 6.90. The van der Waals surface area contributed by atoms with Crippen molar-refractivity contribution in [1.82, 2.24) is 19.7 Å². The largest absolute Gasteiger partial charge is 0.340 e. The van der Waals surface area contributed by atoms with E-state index in [1.165, 1.54) is 0 Å². The Labute approximate surface area is 122 Å². The molecule has 0 aromatic carbocycles. The standard InChI is InChI=1S/C14H18N4OS/c1-11(12-4-6-20-8-12)14(19)17-5-2-3-13(7-17)18-10-15-9-16-18/h4,6,8-11,13H,2-3,5,7H2,1H3/t11-,13-/m0/s1. The summed E-state index contributed by atoms with van der Waals surface area (Å²) in [4.78, 5) is 18.6. The molecule has 1 aliphatic heterocycles. The summed E-state index contributed by atoms with van der Waals surface area (Å²) in [5.41, 5.74) is 1.11. The Hall–Kier alpha value is -1.69. The van der Waals surface area contributed by atoms with Gasteiger partial charge in [-0.05, 0) is 42.2 Å². The van der Waals surface area contributed by atoms with E-state index in [2.05, 4.69) is 15.5 Å². The summed E-state index contributed by atoms with van der Waals surface area (Å²) in [6, 6.07) is 2.29. The quantitative estimate of drug-likeness (QED) is 0.871. The lowest BCUT2D eigenvalue weighted by Crippen LogP contribution is -2.42. The number of rotatable bonds is 3. The highest BCUT2D eigenvalue weighted by Gasteiger charge is 2.28. The molecule has 20 heavy (non-hydrogen) atoms. The van der Waals surface area contributed by atoms with Gasteiger partial charge >= 0.3 is 0 Å². The second-order valence-electron chi connectivity index (χ2n) is 5.23. The van der Waals surface area contributed by atoms with E-state index < -0.39 is 0 Å². The first-order chi connectivity index (χ1) is 9.75. The molecule has 1 fully saturated rings. The van der Waals surface area contributed by atoms with E-state index in [1.54, 1.807) is 24.0 Å². The molecule has 0 saturated carbocycles. The minimum absolute atomic E-state index is 0.0595. The minimum atomic E-state index is -0.0595. The molecule has 0 N–H and O–H groups in total. The van der Waals surface area contributed by atoms with Crippen LogP contribution in [-0.2, 0) is 4.79 Å². The van der Waals surface area contributed by atoms with Crippen LogP contribution in [0, 0.1) is 0 Å². The summed E-state index contributed by atoms with van der Waals surface area (Å²) in [6.45, 7) is 3.57. The number of carbonyl (C=O) groups is 1. The van der Waals surface area contributed by atoms with Crippen molar-refractivity contribution in [3.63, 3.8) is 0 Å². The first-order valence-corrected chi connectivity index (χ1v) is 7.85. The van der Waals surface area contributed by atoms with Crippen LogP contribution >= 0.6 is 11.3 Å². The number of hydrogen-bond donors (Lipinski definition) is 0. The van der Waals surface area contributed by atoms with Gasteiger partial charge in [0.25, 0.3) is 0 Å². The molecule has 0 aliphatic carbocycles. The van der Waals surface area contributed by atoms with E-state index in [0.29, 0.717) is 0 Å². The Morgan fingerprint density at radius 3 is 3.15 bits per heavy atom. The molecule has 0 bridgehead atoms. The number of thiophene rings is 1. The van der Waals surface area contributed by atoms with Crippen LogP contribution in [0.15, 0.2) is 29.5 Å². The van der Waals surface area contributed by atoms with Gasteiger partial charge in [0.15, 0.2) is 0 Å². The third-order valence-corrected chi connectivity index (χ3v) is 4.63. The zero-order valence-electron chi connectivity index (χ0n) is 11.5. The Kier molecular flexibility index (Phi) is 3.82. The lowest BCUT2D eigenvalue weighted by atomic mass is 10.00. The molecule has 2 atom stereocenters. The van der Waals surface area contributed by atoms with Crippen LogP contribution in [0.5, 0.6) is 0 Å². The van der Waals surface area contributed by atoms with Crippen LogP contribution in [0.3, 0.4) is 0 Å². The van der Waals surface area contributed by atoms with Gasteiger partial charge < -0.3 is 4.90 Å². The number of amides is 1. The molecule has 0 spiro atoms. The summed E-state index contributed by atoms with van der Waals surface area (Å²) < 4.78 is 1.87. The smallest absolute Gasteiger partial charge is 0.229 e. The van der Waals surface area contributed by atoms with Gasteiger partial charge in [-0.15, -0.1) is 0 Å². The molecular formula is C14H18N4OS. The van der Waals surface area contributed by atoms with Crippen molar-refractivity contribution in [3.8, 4) is 0 Å². The van der Waals surface area contributed by atoms with Gasteiger partial charge in [0.05, 0.1) is 12.0 Å². The van der Waals surface area contributed by atoms with Gasteiger partial charge in [0.2, 0.25) is 5.91 Å². The second kappa shape index (κ2) is 5.75. The van der Waals surface area contributed by atoms with Crippen molar-refractivity contribution < 1.29 is 4.79 Å². The van der Waals surface area contributed by atoms with Crippen LogP contribution in [-0.4, -0.2) is 38.7 Å². The first kappa shape index (κ1) is 13.3. The molecule has 3 rings (SSSR count). The van der Waals surface area contributed by atoms with Crippen LogP contribution in [0.2, 0.25) is 0 Å². The van der Waals surface area contributed by atoms with Crippen LogP contribution in [0.25, 0.3) is 0 Å². The van der Waals surface area contributed by atoms with E-state index in [9.17, 15) is 4.79 Å². The minimum Gasteiger partial charge on any atom is -0.340 e. The highest BCUT2D eigenvalue weighted by atomic mass is 32.1. The molecule has 3 heterocycles. The summed E-state index contributed by atoms with van der Waals surface area (Å²) in [6.07, 6.45) is 5.36. The van der Waals surface area contributed by atoms with E-state index in [-0.39, 0.29) is 17.9 Å². The number of piperidine rings is 1. The number of nitrogens with zero attached hydrogens (tertiary/aromatic N) is 4. The third kappa shape index (κ3) is 2.60. The van der Waals surface area contributed by atoms with Gasteiger partial charge in [-0.3, -0.25) is 4.79 Å². The SMILES string of the molecule is C[C@H](C(=O)N1CCC[C@H](n2cncn2)C1)c1ccsc1. The van der Waals surface area contributed by atoms with Crippen molar-refractivity contribution >= 4 is 17.2 Å². The van der Waals surface area contributed by atoms with E-state index >= 15 is 0 Å². The maximum atomic E-state index is 12.6. The average Bonchev–Trinajstić information content (AvgIpc) is 3.18. The lowest BCUT2D eigenvalue weighted by molar-refractivity contribution is -0.134. The van der Waals surface area contributed by atoms with E-state index in [1.807, 2.05) is 28.0 Å². The summed E-state index contributed by atoms with van der Waals surface area (Å²) in [7, 11) is 0. The Morgan fingerprint density at radius 2 is 2.45 bits per heavy atom. The highest BCUT2D eigenvalue weighted by Crippen LogP contribution is 2.25. The fraction of sp³-hybridized carbons (Fsp3) is 0.500. The Morgan fingerprint density at radius 1 is 1.55 bits per heavy atom. The highest BCUT2D eigenvalue weighted by molar-refractivity contribution is 7.08. The van der Waals surface area contributed by atoms with Crippen molar-refractivity contribution in [1.29, 1.82) is 0 Å². The molecule has 106 valence electrons. The Bertz CT molecular complexity index is 552. The number of hydrogen-bond acceptors (Lipinski definition) is 4. The van der Waals surface area contributed by atoms with Gasteiger partial charge in [-0.1, -0.05) is 0 Å². The zero-order valence-corrected chi connectivity index (χ0v) is 12.3. The van der Waals surface area contributed by atoms with Crippen molar-refractivity contribution in [2.24, 2.45) is 0 Å². The monoisotopic (exact) mass is 290 g/mol. The predicted octanol–water partition coefficient (Wildman–Crippen LogP) is 2.31. The fourth-order valence-electron chi connectivity index (χ4n) is 2.71. The molecule has 0 unspecified atom stereocenters. The van der Waals surface area contributed by atoms with Crippen molar-refractivity contribution in [2.75, 3.05) is 13.1 Å². The van der Waals surface area contributed by atoms with Crippen molar-refractivity contribution in [2.45, 2.75) is 31.7 Å². The molecule has 1 aliphatic rings. The van der Waals surface area contributed by atoms with E-state index in [0.717, 1.165) is 31.5 Å². The summed E-state index contributed by atoms with van der Waals surface area (Å²) in [5.74, 6) is 0.156. The molecule has 1 amide bonds. The summed E-state index contributed by atoms with van der Waals surface area (Å²) >= 11 is 1.64. The third-order valence-electron chi connectivity index (χ3n) is 3.93. The van der Waals surface area contributed by atoms with Gasteiger partial charge in [0.1, 0.15) is 12.7 Å². The van der Waals surface area contributed by atoms with Crippen LogP contribution in [0.1, 0.15) is 37.3 Å². The maximum Gasteiger partial charge on any atom is 0.229 e. The Balaban J connectivity index is 1.69.